The summed E-state index contributed by atoms with van der Waals surface area (Å²) in [7, 11) is 0. The molecule has 1 aliphatic heterocycles. The van der Waals surface area contributed by atoms with Gasteiger partial charge in [0.15, 0.2) is 0 Å². The summed E-state index contributed by atoms with van der Waals surface area (Å²) in [6.07, 6.45) is 2.87. The van der Waals surface area contributed by atoms with Gasteiger partial charge in [-0.15, -0.1) is 0 Å². The molecule has 0 N–H and O–H groups in total. The van der Waals surface area contributed by atoms with Crippen LogP contribution in [0.2, 0.25) is 0 Å². The Balaban J connectivity index is 1.89. The van der Waals surface area contributed by atoms with Gasteiger partial charge in [-0.25, -0.2) is 0 Å². The molecule has 0 unspecified atom stereocenters. The summed E-state index contributed by atoms with van der Waals surface area (Å²) >= 11 is 0. The van der Waals surface area contributed by atoms with Crippen LogP contribution in [0.5, 0.6) is 0 Å². The van der Waals surface area contributed by atoms with E-state index in [-0.39, 0.29) is 0 Å². The fraction of sp³-hybridized carbons (Fsp3) is 1.00. The van der Waals surface area contributed by atoms with Crippen LogP contribution in [0.3, 0.4) is 0 Å². The standard InChI is InChI=1S/C13H26N2/c1-11(2)13(5-6-13)15-9-7-14(8-10-15)12(3)4/h11-12H,5-10H2,1-4H3. The molecule has 1 heterocycles. The van der Waals surface area contributed by atoms with Gasteiger partial charge < -0.3 is 0 Å². The van der Waals surface area contributed by atoms with Gasteiger partial charge >= 0.3 is 0 Å². The number of hydrogen-bond acceptors (Lipinski definition) is 2. The van der Waals surface area contributed by atoms with Crippen LogP contribution in [0, 0.1) is 5.92 Å². The maximum atomic E-state index is 2.76. The zero-order valence-corrected chi connectivity index (χ0v) is 10.8. The Hall–Kier alpha value is -0.0800. The average molecular weight is 210 g/mol. The minimum atomic E-state index is 0.600. The van der Waals surface area contributed by atoms with Crippen LogP contribution in [0.25, 0.3) is 0 Å². The second-order valence-corrected chi connectivity index (χ2v) is 5.88. The van der Waals surface area contributed by atoms with E-state index in [1.165, 1.54) is 39.0 Å². The van der Waals surface area contributed by atoms with Crippen LogP contribution >= 0.6 is 0 Å². The molecule has 1 saturated heterocycles. The lowest BCUT2D eigenvalue weighted by Gasteiger charge is -2.42. The van der Waals surface area contributed by atoms with Crippen molar-refractivity contribution in [2.45, 2.75) is 52.1 Å². The normalized spacial score (nSPS) is 27.6. The van der Waals surface area contributed by atoms with Gasteiger partial charge in [0.25, 0.3) is 0 Å². The maximum Gasteiger partial charge on any atom is 0.0234 e. The molecular weight excluding hydrogens is 184 g/mol. The summed E-state index contributed by atoms with van der Waals surface area (Å²) in [5, 5.41) is 0. The maximum absolute atomic E-state index is 2.76. The van der Waals surface area contributed by atoms with E-state index in [4.69, 9.17) is 0 Å². The Morgan fingerprint density at radius 3 is 1.73 bits per heavy atom. The minimum Gasteiger partial charge on any atom is -0.298 e. The lowest BCUT2D eigenvalue weighted by molar-refractivity contribution is 0.0498. The minimum absolute atomic E-state index is 0.600. The zero-order chi connectivity index (χ0) is 11.1. The molecule has 0 amide bonds. The first-order valence-electron chi connectivity index (χ1n) is 6.55. The Bertz CT molecular complexity index is 211. The number of rotatable bonds is 3. The molecule has 2 rings (SSSR count). The van der Waals surface area contributed by atoms with Crippen LogP contribution in [-0.2, 0) is 0 Å². The van der Waals surface area contributed by atoms with Crippen LogP contribution < -0.4 is 0 Å². The van der Waals surface area contributed by atoms with E-state index >= 15 is 0 Å². The molecule has 2 heteroatoms. The number of piperazine rings is 1. The first-order chi connectivity index (χ1) is 7.06. The molecule has 0 radical (unpaired) electrons. The molecule has 0 aromatic heterocycles. The first-order valence-corrected chi connectivity index (χ1v) is 6.55. The lowest BCUT2D eigenvalue weighted by atomic mass is 9.99. The second-order valence-electron chi connectivity index (χ2n) is 5.88. The molecule has 88 valence electrons. The van der Waals surface area contributed by atoms with Crippen molar-refractivity contribution in [2.24, 2.45) is 5.92 Å². The molecule has 1 saturated carbocycles. The van der Waals surface area contributed by atoms with Crippen molar-refractivity contribution in [3.05, 3.63) is 0 Å². The van der Waals surface area contributed by atoms with Crippen LogP contribution in [0.1, 0.15) is 40.5 Å². The molecule has 0 bridgehead atoms. The van der Waals surface area contributed by atoms with Gasteiger partial charge in [0.05, 0.1) is 0 Å². The highest BCUT2D eigenvalue weighted by Gasteiger charge is 2.50. The second kappa shape index (κ2) is 4.06. The molecule has 0 aromatic carbocycles. The van der Waals surface area contributed by atoms with Crippen molar-refractivity contribution >= 4 is 0 Å². The van der Waals surface area contributed by atoms with E-state index < -0.39 is 0 Å². The van der Waals surface area contributed by atoms with E-state index in [0.717, 1.165) is 12.0 Å². The molecular formula is C13H26N2. The van der Waals surface area contributed by atoms with E-state index in [1.807, 2.05) is 0 Å². The summed E-state index contributed by atoms with van der Waals surface area (Å²) in [6, 6.07) is 0.723. The van der Waals surface area contributed by atoms with E-state index in [0.29, 0.717) is 5.54 Å². The highest BCUT2D eigenvalue weighted by atomic mass is 15.3. The topological polar surface area (TPSA) is 6.48 Å². The van der Waals surface area contributed by atoms with E-state index in [1.54, 1.807) is 0 Å². The van der Waals surface area contributed by atoms with Gasteiger partial charge in [-0.2, -0.15) is 0 Å². The van der Waals surface area contributed by atoms with Gasteiger partial charge in [0, 0.05) is 37.8 Å². The van der Waals surface area contributed by atoms with E-state index in [9.17, 15) is 0 Å². The first kappa shape index (κ1) is 11.4. The Labute approximate surface area is 94.6 Å². The van der Waals surface area contributed by atoms with Crippen molar-refractivity contribution < 1.29 is 0 Å². The predicted molar refractivity (Wildman–Crippen MR) is 65.1 cm³/mol. The Morgan fingerprint density at radius 2 is 1.40 bits per heavy atom. The molecule has 0 spiro atoms. The Morgan fingerprint density at radius 1 is 0.867 bits per heavy atom. The summed E-state index contributed by atoms with van der Waals surface area (Å²) in [5.74, 6) is 0.836. The molecule has 1 aliphatic carbocycles. The van der Waals surface area contributed by atoms with Crippen molar-refractivity contribution in [3.63, 3.8) is 0 Å². The summed E-state index contributed by atoms with van der Waals surface area (Å²) in [4.78, 5) is 5.36. The Kier molecular flexibility index (Phi) is 3.09. The zero-order valence-electron chi connectivity index (χ0n) is 10.8. The third-order valence-electron chi connectivity index (χ3n) is 4.51. The molecule has 15 heavy (non-hydrogen) atoms. The van der Waals surface area contributed by atoms with Crippen molar-refractivity contribution in [2.75, 3.05) is 26.2 Å². The monoisotopic (exact) mass is 210 g/mol. The summed E-state index contributed by atoms with van der Waals surface area (Å²) in [5.41, 5.74) is 0.600. The van der Waals surface area contributed by atoms with Gasteiger partial charge in [0.1, 0.15) is 0 Å². The largest absolute Gasteiger partial charge is 0.298 e. The highest BCUT2D eigenvalue weighted by Crippen LogP contribution is 2.47. The quantitative estimate of drug-likeness (QED) is 0.704. The van der Waals surface area contributed by atoms with Gasteiger partial charge in [-0.1, -0.05) is 13.8 Å². The molecule has 2 aliphatic rings. The van der Waals surface area contributed by atoms with Gasteiger partial charge in [0.2, 0.25) is 0 Å². The van der Waals surface area contributed by atoms with Crippen molar-refractivity contribution in [3.8, 4) is 0 Å². The summed E-state index contributed by atoms with van der Waals surface area (Å²) in [6.45, 7) is 14.5. The number of nitrogens with zero attached hydrogens (tertiary/aromatic N) is 2. The highest BCUT2D eigenvalue weighted by molar-refractivity contribution is 5.06. The third-order valence-corrected chi connectivity index (χ3v) is 4.51. The van der Waals surface area contributed by atoms with Crippen molar-refractivity contribution in [1.82, 2.24) is 9.80 Å². The van der Waals surface area contributed by atoms with Crippen LogP contribution in [0.15, 0.2) is 0 Å². The van der Waals surface area contributed by atoms with Crippen molar-refractivity contribution in [1.29, 1.82) is 0 Å². The lowest BCUT2D eigenvalue weighted by Crippen LogP contribution is -2.54. The molecule has 0 aromatic rings. The SMILES string of the molecule is CC(C)N1CCN(C2(C(C)C)CC2)CC1. The molecule has 2 fully saturated rings. The van der Waals surface area contributed by atoms with Crippen LogP contribution in [-0.4, -0.2) is 47.6 Å². The predicted octanol–water partition coefficient (Wildman–Crippen LogP) is 2.20. The average Bonchev–Trinajstić information content (AvgIpc) is 2.98. The van der Waals surface area contributed by atoms with E-state index in [2.05, 4.69) is 37.5 Å². The third kappa shape index (κ3) is 2.07. The van der Waals surface area contributed by atoms with Gasteiger partial charge in [-0.05, 0) is 32.6 Å². The smallest absolute Gasteiger partial charge is 0.0234 e. The number of hydrogen-bond donors (Lipinski definition) is 0. The molecule has 2 nitrogen and oxygen atoms in total. The van der Waals surface area contributed by atoms with Gasteiger partial charge in [-0.3, -0.25) is 9.80 Å². The fourth-order valence-electron chi connectivity index (χ4n) is 3.07. The fourth-order valence-corrected chi connectivity index (χ4v) is 3.07. The molecule has 0 atom stereocenters. The van der Waals surface area contributed by atoms with Crippen LogP contribution in [0.4, 0.5) is 0 Å². The summed E-state index contributed by atoms with van der Waals surface area (Å²) < 4.78 is 0.